The van der Waals surface area contributed by atoms with Crippen molar-refractivity contribution in [1.29, 1.82) is 5.26 Å². The van der Waals surface area contributed by atoms with E-state index in [9.17, 15) is 4.79 Å². The number of amides is 1. The number of nitrogen functional groups attached to an aromatic ring is 1. The summed E-state index contributed by atoms with van der Waals surface area (Å²) in [5.74, 6) is 0.250. The largest absolute Gasteiger partial charge is 0.484 e. The number of ether oxygens (including phenoxy) is 1. The van der Waals surface area contributed by atoms with Crippen LogP contribution in [0.1, 0.15) is 20.8 Å². The minimum atomic E-state index is -0.887. The molecule has 0 aliphatic rings. The molecule has 0 aliphatic carbocycles. The van der Waals surface area contributed by atoms with Gasteiger partial charge in [0.25, 0.3) is 5.91 Å². The van der Waals surface area contributed by atoms with Gasteiger partial charge < -0.3 is 15.8 Å². The molecule has 0 bridgehead atoms. The monoisotopic (exact) mass is 261 g/mol. The standard InChI is InChI=1S/C14H19N3O2/c1-10(2)14(3,9-15)17-13(18)8-19-12-6-4-11(16)5-7-12/h4-7,10H,8,16H2,1-3H3,(H,17,18). The molecule has 1 amide bonds. The molecule has 1 unspecified atom stereocenters. The van der Waals surface area contributed by atoms with E-state index in [0.29, 0.717) is 11.4 Å². The van der Waals surface area contributed by atoms with Crippen LogP contribution in [0, 0.1) is 17.2 Å². The van der Waals surface area contributed by atoms with Crippen LogP contribution in [0.2, 0.25) is 0 Å². The lowest BCUT2D eigenvalue weighted by Gasteiger charge is -2.27. The van der Waals surface area contributed by atoms with Crippen LogP contribution < -0.4 is 15.8 Å². The molecule has 0 spiro atoms. The highest BCUT2D eigenvalue weighted by molar-refractivity contribution is 5.78. The lowest BCUT2D eigenvalue weighted by Crippen LogP contribution is -2.50. The molecule has 5 heteroatoms. The highest BCUT2D eigenvalue weighted by Crippen LogP contribution is 2.16. The topological polar surface area (TPSA) is 88.1 Å². The van der Waals surface area contributed by atoms with Gasteiger partial charge in [0.2, 0.25) is 0 Å². The Labute approximate surface area is 113 Å². The maximum atomic E-state index is 11.8. The van der Waals surface area contributed by atoms with E-state index < -0.39 is 5.54 Å². The molecule has 0 fully saturated rings. The Hall–Kier alpha value is -2.22. The molecule has 0 heterocycles. The molecule has 102 valence electrons. The first-order valence-electron chi connectivity index (χ1n) is 6.08. The molecule has 0 radical (unpaired) electrons. The number of nitrogens with zero attached hydrogens (tertiary/aromatic N) is 1. The van der Waals surface area contributed by atoms with Crippen molar-refractivity contribution in [2.75, 3.05) is 12.3 Å². The smallest absolute Gasteiger partial charge is 0.259 e. The summed E-state index contributed by atoms with van der Waals surface area (Å²) in [6, 6.07) is 8.88. The predicted octanol–water partition coefficient (Wildman–Crippen LogP) is 1.70. The molecule has 5 nitrogen and oxygen atoms in total. The number of nitrogens with two attached hydrogens (primary N) is 1. The molecule has 0 saturated carbocycles. The van der Waals surface area contributed by atoms with E-state index in [2.05, 4.69) is 11.4 Å². The van der Waals surface area contributed by atoms with Gasteiger partial charge in [0.05, 0.1) is 6.07 Å². The normalized spacial score (nSPS) is 13.4. The fraction of sp³-hybridized carbons (Fsp3) is 0.429. The number of hydrogen-bond donors (Lipinski definition) is 2. The lowest BCUT2D eigenvalue weighted by molar-refractivity contribution is -0.124. The SMILES string of the molecule is CC(C)C(C)(C#N)NC(=O)COc1ccc(N)cc1. The molecule has 0 aromatic heterocycles. The average molecular weight is 261 g/mol. The summed E-state index contributed by atoms with van der Waals surface area (Å²) in [6.45, 7) is 5.32. The molecule has 0 aliphatic heterocycles. The number of nitrogens with one attached hydrogen (secondary N) is 1. The van der Waals surface area contributed by atoms with Gasteiger partial charge in [-0.3, -0.25) is 4.79 Å². The number of carbonyl (C=O) groups excluding carboxylic acids is 1. The van der Waals surface area contributed by atoms with Gasteiger partial charge in [-0.25, -0.2) is 0 Å². The molecule has 1 atom stereocenters. The fourth-order valence-corrected chi connectivity index (χ4v) is 1.34. The molecular formula is C14H19N3O2. The van der Waals surface area contributed by atoms with Crippen LogP contribution in [0.5, 0.6) is 5.75 Å². The van der Waals surface area contributed by atoms with Gasteiger partial charge in [0.15, 0.2) is 6.61 Å². The molecule has 19 heavy (non-hydrogen) atoms. The van der Waals surface area contributed by atoms with Gasteiger partial charge >= 0.3 is 0 Å². The van der Waals surface area contributed by atoms with Crippen molar-refractivity contribution < 1.29 is 9.53 Å². The van der Waals surface area contributed by atoms with E-state index in [1.807, 2.05) is 13.8 Å². The van der Waals surface area contributed by atoms with Crippen molar-refractivity contribution in [1.82, 2.24) is 5.32 Å². The quantitative estimate of drug-likeness (QED) is 0.790. The molecule has 1 rings (SSSR count). The van der Waals surface area contributed by atoms with Crippen molar-refractivity contribution in [3.05, 3.63) is 24.3 Å². The summed E-state index contributed by atoms with van der Waals surface area (Å²) in [7, 11) is 0. The minimum Gasteiger partial charge on any atom is -0.484 e. The summed E-state index contributed by atoms with van der Waals surface area (Å²) in [5.41, 5.74) is 5.29. The van der Waals surface area contributed by atoms with Crippen molar-refractivity contribution >= 4 is 11.6 Å². The Morgan fingerprint density at radius 3 is 2.53 bits per heavy atom. The minimum absolute atomic E-state index is 0.0120. The third-order valence-corrected chi connectivity index (χ3v) is 3.04. The highest BCUT2D eigenvalue weighted by Gasteiger charge is 2.29. The fourth-order valence-electron chi connectivity index (χ4n) is 1.34. The van der Waals surface area contributed by atoms with Crippen molar-refractivity contribution in [3.63, 3.8) is 0 Å². The van der Waals surface area contributed by atoms with Gasteiger partial charge in [-0.15, -0.1) is 0 Å². The van der Waals surface area contributed by atoms with Gasteiger partial charge in [0, 0.05) is 5.69 Å². The molecule has 0 saturated heterocycles. The second-order valence-electron chi connectivity index (χ2n) is 4.87. The zero-order chi connectivity index (χ0) is 14.5. The summed E-state index contributed by atoms with van der Waals surface area (Å²) in [5, 5.41) is 11.8. The first-order chi connectivity index (χ1) is 8.87. The number of hydrogen-bond acceptors (Lipinski definition) is 4. The summed E-state index contributed by atoms with van der Waals surface area (Å²) in [6.07, 6.45) is 0. The second-order valence-corrected chi connectivity index (χ2v) is 4.87. The van der Waals surface area contributed by atoms with Crippen molar-refractivity contribution in [2.24, 2.45) is 5.92 Å². The van der Waals surface area contributed by atoms with Crippen molar-refractivity contribution in [3.8, 4) is 11.8 Å². The maximum Gasteiger partial charge on any atom is 0.259 e. The maximum absolute atomic E-state index is 11.8. The zero-order valence-electron chi connectivity index (χ0n) is 11.4. The Morgan fingerprint density at radius 1 is 1.47 bits per heavy atom. The first-order valence-corrected chi connectivity index (χ1v) is 6.08. The Bertz CT molecular complexity index is 476. The van der Waals surface area contributed by atoms with Gasteiger partial charge in [-0.1, -0.05) is 13.8 Å². The van der Waals surface area contributed by atoms with Crippen LogP contribution in [0.15, 0.2) is 24.3 Å². The summed E-state index contributed by atoms with van der Waals surface area (Å²) >= 11 is 0. The van der Waals surface area contributed by atoms with E-state index in [1.54, 1.807) is 31.2 Å². The first kappa shape index (κ1) is 14.8. The number of benzene rings is 1. The van der Waals surface area contributed by atoms with E-state index in [4.69, 9.17) is 15.7 Å². The molecule has 3 N–H and O–H groups in total. The molecule has 1 aromatic rings. The van der Waals surface area contributed by atoms with E-state index in [-0.39, 0.29) is 18.4 Å². The molecular weight excluding hydrogens is 242 g/mol. The zero-order valence-corrected chi connectivity index (χ0v) is 11.4. The number of rotatable bonds is 5. The van der Waals surface area contributed by atoms with Crippen LogP contribution in [-0.2, 0) is 4.79 Å². The van der Waals surface area contributed by atoms with E-state index in [1.165, 1.54) is 0 Å². The van der Waals surface area contributed by atoms with Crippen LogP contribution in [0.3, 0.4) is 0 Å². The van der Waals surface area contributed by atoms with E-state index >= 15 is 0 Å². The third kappa shape index (κ3) is 4.18. The predicted molar refractivity (Wildman–Crippen MR) is 73.3 cm³/mol. The van der Waals surface area contributed by atoms with Crippen molar-refractivity contribution in [2.45, 2.75) is 26.3 Å². The number of nitriles is 1. The number of carbonyl (C=O) groups is 1. The Balaban J connectivity index is 2.53. The van der Waals surface area contributed by atoms with Gasteiger partial charge in [-0.2, -0.15) is 5.26 Å². The summed E-state index contributed by atoms with van der Waals surface area (Å²) < 4.78 is 5.32. The van der Waals surface area contributed by atoms with Crippen LogP contribution >= 0.6 is 0 Å². The van der Waals surface area contributed by atoms with Crippen LogP contribution in [0.4, 0.5) is 5.69 Å². The highest BCUT2D eigenvalue weighted by atomic mass is 16.5. The third-order valence-electron chi connectivity index (χ3n) is 3.04. The Kier molecular flexibility index (Phi) is 4.76. The lowest BCUT2D eigenvalue weighted by atomic mass is 9.90. The van der Waals surface area contributed by atoms with Crippen LogP contribution in [0.25, 0.3) is 0 Å². The summed E-state index contributed by atoms with van der Waals surface area (Å²) in [4.78, 5) is 11.8. The van der Waals surface area contributed by atoms with Crippen LogP contribution in [-0.4, -0.2) is 18.1 Å². The average Bonchev–Trinajstić information content (AvgIpc) is 2.37. The molecule has 1 aromatic carbocycles. The van der Waals surface area contributed by atoms with Gasteiger partial charge in [0.1, 0.15) is 11.3 Å². The second kappa shape index (κ2) is 6.10. The Morgan fingerprint density at radius 2 is 2.05 bits per heavy atom. The number of anilines is 1. The van der Waals surface area contributed by atoms with Gasteiger partial charge in [-0.05, 0) is 37.1 Å². The van der Waals surface area contributed by atoms with E-state index in [0.717, 1.165) is 0 Å².